The molecule has 8 heteroatoms. The normalized spacial score (nSPS) is 15.6. The van der Waals surface area contributed by atoms with Gasteiger partial charge in [-0.1, -0.05) is 30.7 Å². The van der Waals surface area contributed by atoms with Crippen LogP contribution in [0.4, 0.5) is 4.39 Å². The number of hydrogen-bond acceptors (Lipinski definition) is 5. The number of halogens is 2. The molecule has 190 valence electrons. The van der Waals surface area contributed by atoms with Crippen molar-refractivity contribution in [1.29, 1.82) is 0 Å². The number of pyridine rings is 1. The zero-order valence-electron chi connectivity index (χ0n) is 20.6. The van der Waals surface area contributed by atoms with Gasteiger partial charge in [-0.05, 0) is 60.8 Å². The van der Waals surface area contributed by atoms with Crippen LogP contribution in [0.2, 0.25) is 5.02 Å². The quantitative estimate of drug-likeness (QED) is 0.218. The fourth-order valence-electron chi connectivity index (χ4n) is 4.48. The molecule has 0 radical (unpaired) electrons. The van der Waals surface area contributed by atoms with Crippen molar-refractivity contribution in [3.8, 4) is 16.9 Å². The highest BCUT2D eigenvalue weighted by atomic mass is 35.5. The summed E-state index contributed by atoms with van der Waals surface area (Å²) in [5.74, 6) is -1.46. The molecule has 0 amide bonds. The monoisotopic (exact) mass is 527 g/mol. The van der Waals surface area contributed by atoms with E-state index in [1.807, 2.05) is 41.8 Å². The van der Waals surface area contributed by atoms with E-state index in [0.717, 1.165) is 33.7 Å². The van der Waals surface area contributed by atoms with E-state index in [2.05, 4.69) is 34.2 Å². The molecular weight excluding hydrogens is 497 g/mol. The molecule has 0 aliphatic heterocycles. The number of aliphatic hydroxyl groups is 1. The average molecular weight is 528 g/mol. The van der Waals surface area contributed by atoms with E-state index in [-0.39, 0.29) is 13.0 Å². The van der Waals surface area contributed by atoms with E-state index in [0.29, 0.717) is 35.0 Å². The summed E-state index contributed by atoms with van der Waals surface area (Å²) >= 11 is 8.25. The Morgan fingerprint density at radius 3 is 2.83 bits per heavy atom. The number of likely N-dealkylation sites (N-methyl/N-ethyl adjacent to an activating group) is 1. The van der Waals surface area contributed by atoms with Crippen LogP contribution in [-0.4, -0.2) is 57.3 Å². The van der Waals surface area contributed by atoms with Crippen LogP contribution in [-0.2, 0) is 0 Å². The van der Waals surface area contributed by atoms with Crippen molar-refractivity contribution in [2.75, 3.05) is 26.2 Å². The van der Waals surface area contributed by atoms with Gasteiger partial charge >= 0.3 is 0 Å². The average Bonchev–Trinajstić information content (AvgIpc) is 3.59. The molecule has 2 heterocycles. The molecule has 2 aromatic heterocycles. The molecule has 2 N–H and O–H groups in total. The van der Waals surface area contributed by atoms with Gasteiger partial charge in [-0.15, -0.1) is 11.8 Å². The second-order valence-corrected chi connectivity index (χ2v) is 11.3. The standard InChI is InChI=1S/C28H31ClFN3O2S/c1-3-33(13-14-34)12-11-28(2,30)35-24-10-9-22(18-5-4-6-21(15-18)36-20-7-8-20)25-23-16-19(29)17-31-27(23)32-26(24)25/h4-6,9-10,15-17,20,34H,3,7-8,11-14H2,1-2H3,(H,31,32). The Hall–Kier alpha value is -2.32. The summed E-state index contributed by atoms with van der Waals surface area (Å²) in [5, 5.41) is 12.3. The van der Waals surface area contributed by atoms with E-state index >= 15 is 4.39 Å². The number of aliphatic hydroxyl groups excluding tert-OH is 1. The Kier molecular flexibility index (Phi) is 7.45. The first kappa shape index (κ1) is 25.3. The van der Waals surface area contributed by atoms with Crippen molar-refractivity contribution >= 4 is 45.3 Å². The summed E-state index contributed by atoms with van der Waals surface area (Å²) in [6.07, 6.45) is 4.33. The molecule has 5 rings (SSSR count). The lowest BCUT2D eigenvalue weighted by molar-refractivity contribution is -0.0564. The summed E-state index contributed by atoms with van der Waals surface area (Å²) in [7, 11) is 0. The molecule has 1 unspecified atom stereocenters. The molecule has 36 heavy (non-hydrogen) atoms. The van der Waals surface area contributed by atoms with Crippen molar-refractivity contribution in [2.45, 2.75) is 49.1 Å². The van der Waals surface area contributed by atoms with Gasteiger partial charge in [0.05, 0.1) is 17.1 Å². The van der Waals surface area contributed by atoms with Crippen molar-refractivity contribution in [2.24, 2.45) is 0 Å². The van der Waals surface area contributed by atoms with Crippen molar-refractivity contribution in [3.05, 3.63) is 53.7 Å². The largest absolute Gasteiger partial charge is 0.456 e. The number of thioether (sulfide) groups is 1. The number of rotatable bonds is 11. The summed E-state index contributed by atoms with van der Waals surface area (Å²) in [4.78, 5) is 11.1. The maximum absolute atomic E-state index is 15.6. The van der Waals surface area contributed by atoms with Crippen LogP contribution in [0, 0.1) is 0 Å². The third kappa shape index (κ3) is 5.65. The van der Waals surface area contributed by atoms with Crippen LogP contribution in [0.1, 0.15) is 33.1 Å². The molecule has 2 aromatic carbocycles. The van der Waals surface area contributed by atoms with E-state index in [1.54, 1.807) is 6.20 Å². The predicted octanol–water partition coefficient (Wildman–Crippen LogP) is 7.06. The maximum Gasteiger partial charge on any atom is 0.246 e. The third-order valence-corrected chi connectivity index (χ3v) is 8.10. The van der Waals surface area contributed by atoms with Crippen molar-refractivity contribution < 1.29 is 14.2 Å². The molecule has 1 aliphatic carbocycles. The highest BCUT2D eigenvalue weighted by molar-refractivity contribution is 8.00. The van der Waals surface area contributed by atoms with E-state index in [9.17, 15) is 5.11 Å². The third-order valence-electron chi connectivity index (χ3n) is 6.57. The minimum atomic E-state index is -1.89. The van der Waals surface area contributed by atoms with Crippen LogP contribution in [0.25, 0.3) is 33.1 Å². The molecule has 0 saturated heterocycles. The van der Waals surface area contributed by atoms with Gasteiger partial charge in [0.15, 0.2) is 0 Å². The van der Waals surface area contributed by atoms with Gasteiger partial charge in [-0.2, -0.15) is 4.39 Å². The highest BCUT2D eigenvalue weighted by Crippen LogP contribution is 2.43. The first-order chi connectivity index (χ1) is 17.4. The fourth-order valence-corrected chi connectivity index (χ4v) is 5.75. The summed E-state index contributed by atoms with van der Waals surface area (Å²) in [6.45, 7) is 5.23. The van der Waals surface area contributed by atoms with Gasteiger partial charge in [-0.25, -0.2) is 4.98 Å². The maximum atomic E-state index is 15.6. The molecule has 5 nitrogen and oxygen atoms in total. The van der Waals surface area contributed by atoms with Gasteiger partial charge in [0, 0.05) is 53.5 Å². The Bertz CT molecular complexity index is 1370. The zero-order valence-corrected chi connectivity index (χ0v) is 22.1. The number of ether oxygens (including phenoxy) is 1. The number of aromatic amines is 1. The van der Waals surface area contributed by atoms with Gasteiger partial charge in [-0.3, -0.25) is 0 Å². The minimum absolute atomic E-state index is 0.0464. The highest BCUT2D eigenvalue weighted by Gasteiger charge is 2.28. The number of nitrogens with zero attached hydrogens (tertiary/aromatic N) is 2. The number of H-pyrrole nitrogens is 1. The topological polar surface area (TPSA) is 61.4 Å². The Morgan fingerprint density at radius 1 is 1.25 bits per heavy atom. The molecule has 0 bridgehead atoms. The van der Waals surface area contributed by atoms with Crippen LogP contribution < -0.4 is 4.74 Å². The Morgan fingerprint density at radius 2 is 2.08 bits per heavy atom. The van der Waals surface area contributed by atoms with Crippen LogP contribution in [0.15, 0.2) is 53.6 Å². The molecule has 0 spiro atoms. The zero-order chi connectivity index (χ0) is 25.3. The summed E-state index contributed by atoms with van der Waals surface area (Å²) < 4.78 is 21.6. The number of aromatic nitrogens is 2. The molecule has 1 fully saturated rings. The molecule has 1 atom stereocenters. The number of alkyl halides is 1. The molecule has 1 aliphatic rings. The van der Waals surface area contributed by atoms with Gasteiger partial charge in [0.1, 0.15) is 11.4 Å². The van der Waals surface area contributed by atoms with E-state index in [4.69, 9.17) is 16.3 Å². The number of nitrogens with one attached hydrogen (secondary N) is 1. The lowest BCUT2D eigenvalue weighted by Gasteiger charge is -2.26. The Labute approximate surface area is 220 Å². The van der Waals surface area contributed by atoms with Crippen LogP contribution >= 0.6 is 23.4 Å². The Balaban J connectivity index is 1.54. The van der Waals surface area contributed by atoms with Gasteiger partial charge < -0.3 is 19.7 Å². The molecule has 1 saturated carbocycles. The van der Waals surface area contributed by atoms with Crippen molar-refractivity contribution in [3.63, 3.8) is 0 Å². The van der Waals surface area contributed by atoms with E-state index < -0.39 is 5.85 Å². The lowest BCUT2D eigenvalue weighted by Crippen LogP contribution is -2.35. The number of benzene rings is 2. The number of fused-ring (bicyclic) bond motifs is 3. The van der Waals surface area contributed by atoms with Crippen LogP contribution in [0.3, 0.4) is 0 Å². The summed E-state index contributed by atoms with van der Waals surface area (Å²) in [5.41, 5.74) is 3.48. The fraction of sp³-hybridized carbons (Fsp3) is 0.393. The second kappa shape index (κ2) is 10.6. The first-order valence-electron chi connectivity index (χ1n) is 12.4. The SMILES string of the molecule is CCN(CCO)CCC(C)(F)Oc1ccc(-c2cccc(SC3CC3)c2)c2c1[nH]c1ncc(Cl)cc12. The lowest BCUT2D eigenvalue weighted by atomic mass is 9.99. The number of hydrogen-bond donors (Lipinski definition) is 2. The smallest absolute Gasteiger partial charge is 0.246 e. The van der Waals surface area contributed by atoms with Gasteiger partial charge in [0.2, 0.25) is 5.85 Å². The summed E-state index contributed by atoms with van der Waals surface area (Å²) in [6, 6.07) is 14.3. The van der Waals surface area contributed by atoms with Crippen LogP contribution in [0.5, 0.6) is 5.75 Å². The molecule has 4 aromatic rings. The van der Waals surface area contributed by atoms with E-state index in [1.165, 1.54) is 24.7 Å². The van der Waals surface area contributed by atoms with Crippen molar-refractivity contribution in [1.82, 2.24) is 14.9 Å². The first-order valence-corrected chi connectivity index (χ1v) is 13.7. The second-order valence-electron chi connectivity index (χ2n) is 9.49. The van der Waals surface area contributed by atoms with Gasteiger partial charge in [0.25, 0.3) is 0 Å². The molecular formula is C28H31ClFN3O2S. The minimum Gasteiger partial charge on any atom is -0.456 e. The predicted molar refractivity (Wildman–Crippen MR) is 147 cm³/mol.